The average Bonchev–Trinajstić information content (AvgIpc) is 2.51. The first-order valence-electron chi connectivity index (χ1n) is 6.06. The van der Waals surface area contributed by atoms with Crippen molar-refractivity contribution >= 4 is 5.82 Å². The van der Waals surface area contributed by atoms with Gasteiger partial charge in [-0.1, -0.05) is 0 Å². The lowest BCUT2D eigenvalue weighted by atomic mass is 10.1. The van der Waals surface area contributed by atoms with E-state index in [0.717, 1.165) is 36.8 Å². The first-order chi connectivity index (χ1) is 7.94. The van der Waals surface area contributed by atoms with Crippen molar-refractivity contribution in [3.05, 3.63) is 11.3 Å². The van der Waals surface area contributed by atoms with Crippen LogP contribution in [0.25, 0.3) is 0 Å². The number of ether oxygens (including phenoxy) is 1. The molecule has 0 unspecified atom stereocenters. The minimum absolute atomic E-state index is 0.109. The molecule has 1 fully saturated rings. The second-order valence-electron chi connectivity index (χ2n) is 5.25. The molecule has 0 aliphatic carbocycles. The molecule has 2 heterocycles. The molecule has 0 saturated carbocycles. The quantitative estimate of drug-likeness (QED) is 0.828. The summed E-state index contributed by atoms with van der Waals surface area (Å²) in [6.07, 6.45) is 0. The van der Waals surface area contributed by atoms with Crippen molar-refractivity contribution in [1.29, 1.82) is 0 Å². The third kappa shape index (κ3) is 2.30. The molecule has 1 saturated heterocycles. The first kappa shape index (κ1) is 12.4. The molecule has 2 N–H and O–H groups in total. The molecule has 17 heavy (non-hydrogen) atoms. The molecule has 0 amide bonds. The number of anilines is 1. The predicted octanol–water partition coefficient (Wildman–Crippen LogP) is 0.802. The molecular formula is C12H22N4O. The molecule has 96 valence electrons. The first-order valence-corrected chi connectivity index (χ1v) is 6.06. The van der Waals surface area contributed by atoms with E-state index in [4.69, 9.17) is 10.5 Å². The maximum absolute atomic E-state index is 5.83. The summed E-state index contributed by atoms with van der Waals surface area (Å²) >= 11 is 0. The molecule has 5 nitrogen and oxygen atoms in total. The van der Waals surface area contributed by atoms with Crippen molar-refractivity contribution in [1.82, 2.24) is 9.78 Å². The van der Waals surface area contributed by atoms with Crippen LogP contribution in [0.4, 0.5) is 5.82 Å². The Labute approximate surface area is 103 Å². The van der Waals surface area contributed by atoms with E-state index in [1.54, 1.807) is 0 Å². The lowest BCUT2D eigenvalue weighted by molar-refractivity contribution is -0.0281. The second-order valence-corrected chi connectivity index (χ2v) is 5.25. The Kier molecular flexibility index (Phi) is 3.14. The highest BCUT2D eigenvalue weighted by molar-refractivity contribution is 5.50. The van der Waals surface area contributed by atoms with Gasteiger partial charge in [-0.3, -0.25) is 4.68 Å². The fourth-order valence-electron chi connectivity index (χ4n) is 2.52. The predicted molar refractivity (Wildman–Crippen MR) is 68.1 cm³/mol. The summed E-state index contributed by atoms with van der Waals surface area (Å²) in [6, 6.07) is 0. The number of hydrogen-bond donors (Lipinski definition) is 1. The summed E-state index contributed by atoms with van der Waals surface area (Å²) in [5.41, 5.74) is 7.89. The molecule has 1 aromatic heterocycles. The number of aromatic nitrogens is 2. The maximum atomic E-state index is 5.83. The van der Waals surface area contributed by atoms with Crippen molar-refractivity contribution in [2.45, 2.75) is 32.9 Å². The molecule has 0 spiro atoms. The van der Waals surface area contributed by atoms with Crippen LogP contribution in [0.5, 0.6) is 0 Å². The third-order valence-corrected chi connectivity index (χ3v) is 3.24. The Morgan fingerprint density at radius 1 is 1.47 bits per heavy atom. The largest absolute Gasteiger partial charge is 0.372 e. The lowest BCUT2D eigenvalue weighted by Gasteiger charge is -2.39. The van der Waals surface area contributed by atoms with E-state index in [9.17, 15) is 0 Å². The fraction of sp³-hybridized carbons (Fsp3) is 0.750. The molecule has 1 aliphatic heterocycles. The normalized spacial score (nSPS) is 19.7. The Morgan fingerprint density at radius 3 is 2.76 bits per heavy atom. The van der Waals surface area contributed by atoms with Crippen molar-refractivity contribution in [2.24, 2.45) is 12.8 Å². The molecule has 0 bridgehead atoms. The van der Waals surface area contributed by atoms with Crippen LogP contribution in [-0.4, -0.2) is 35.1 Å². The zero-order valence-corrected chi connectivity index (χ0v) is 11.2. The van der Waals surface area contributed by atoms with Crippen molar-refractivity contribution in [3.8, 4) is 0 Å². The van der Waals surface area contributed by atoms with Crippen LogP contribution in [-0.2, 0) is 18.3 Å². The van der Waals surface area contributed by atoms with Gasteiger partial charge >= 0.3 is 0 Å². The SMILES string of the molecule is Cc1nn(C)c(N2CCOC(C)(C)C2)c1CN. The summed E-state index contributed by atoms with van der Waals surface area (Å²) in [4.78, 5) is 2.33. The Balaban J connectivity index is 2.33. The van der Waals surface area contributed by atoms with Gasteiger partial charge in [0.1, 0.15) is 5.82 Å². The summed E-state index contributed by atoms with van der Waals surface area (Å²) in [5, 5.41) is 4.46. The molecular weight excluding hydrogens is 216 g/mol. The molecule has 0 radical (unpaired) electrons. The Bertz CT molecular complexity index is 411. The number of aryl methyl sites for hydroxylation is 2. The smallest absolute Gasteiger partial charge is 0.131 e. The van der Waals surface area contributed by atoms with Gasteiger partial charge in [0, 0.05) is 32.2 Å². The van der Waals surface area contributed by atoms with Gasteiger partial charge in [-0.15, -0.1) is 0 Å². The summed E-state index contributed by atoms with van der Waals surface area (Å²) in [5.74, 6) is 1.14. The molecule has 2 rings (SSSR count). The summed E-state index contributed by atoms with van der Waals surface area (Å²) < 4.78 is 7.66. The van der Waals surface area contributed by atoms with Crippen LogP contribution in [0, 0.1) is 6.92 Å². The Hall–Kier alpha value is -1.07. The van der Waals surface area contributed by atoms with Crippen LogP contribution in [0.15, 0.2) is 0 Å². The highest BCUT2D eigenvalue weighted by atomic mass is 16.5. The van der Waals surface area contributed by atoms with Crippen LogP contribution in [0.1, 0.15) is 25.1 Å². The van der Waals surface area contributed by atoms with E-state index in [-0.39, 0.29) is 5.60 Å². The van der Waals surface area contributed by atoms with E-state index in [2.05, 4.69) is 23.8 Å². The van der Waals surface area contributed by atoms with Gasteiger partial charge in [-0.25, -0.2) is 0 Å². The highest BCUT2D eigenvalue weighted by Gasteiger charge is 2.30. The van der Waals surface area contributed by atoms with Gasteiger partial charge < -0.3 is 15.4 Å². The molecule has 1 aliphatic rings. The van der Waals surface area contributed by atoms with E-state index in [1.807, 2.05) is 18.7 Å². The van der Waals surface area contributed by atoms with Crippen LogP contribution in [0.2, 0.25) is 0 Å². The van der Waals surface area contributed by atoms with E-state index in [0.29, 0.717) is 6.54 Å². The molecule has 5 heteroatoms. The summed E-state index contributed by atoms with van der Waals surface area (Å²) in [6.45, 7) is 9.30. The lowest BCUT2D eigenvalue weighted by Crippen LogP contribution is -2.49. The maximum Gasteiger partial charge on any atom is 0.131 e. The third-order valence-electron chi connectivity index (χ3n) is 3.24. The van der Waals surface area contributed by atoms with E-state index >= 15 is 0 Å². The van der Waals surface area contributed by atoms with Gasteiger partial charge in [-0.2, -0.15) is 5.10 Å². The Morgan fingerprint density at radius 2 is 2.18 bits per heavy atom. The molecule has 0 aromatic carbocycles. The van der Waals surface area contributed by atoms with Gasteiger partial charge in [0.25, 0.3) is 0 Å². The zero-order valence-electron chi connectivity index (χ0n) is 11.2. The van der Waals surface area contributed by atoms with Gasteiger partial charge in [-0.05, 0) is 20.8 Å². The average molecular weight is 238 g/mol. The second kappa shape index (κ2) is 4.31. The monoisotopic (exact) mass is 238 g/mol. The topological polar surface area (TPSA) is 56.3 Å². The van der Waals surface area contributed by atoms with Crippen LogP contribution in [0.3, 0.4) is 0 Å². The van der Waals surface area contributed by atoms with Crippen molar-refractivity contribution < 1.29 is 4.74 Å². The molecule has 1 aromatic rings. The number of nitrogens with zero attached hydrogens (tertiary/aromatic N) is 3. The fourth-order valence-corrected chi connectivity index (χ4v) is 2.52. The van der Waals surface area contributed by atoms with Gasteiger partial charge in [0.15, 0.2) is 0 Å². The highest BCUT2D eigenvalue weighted by Crippen LogP contribution is 2.27. The van der Waals surface area contributed by atoms with Crippen LogP contribution >= 0.6 is 0 Å². The minimum atomic E-state index is -0.109. The van der Waals surface area contributed by atoms with Crippen molar-refractivity contribution in [3.63, 3.8) is 0 Å². The number of hydrogen-bond acceptors (Lipinski definition) is 4. The van der Waals surface area contributed by atoms with Crippen LogP contribution < -0.4 is 10.6 Å². The number of nitrogens with two attached hydrogens (primary N) is 1. The van der Waals surface area contributed by atoms with Gasteiger partial charge in [0.2, 0.25) is 0 Å². The summed E-state index contributed by atoms with van der Waals surface area (Å²) in [7, 11) is 1.98. The molecule has 0 atom stereocenters. The number of morpholine rings is 1. The zero-order chi connectivity index (χ0) is 12.6. The minimum Gasteiger partial charge on any atom is -0.372 e. The van der Waals surface area contributed by atoms with Gasteiger partial charge in [0.05, 0.1) is 17.9 Å². The van der Waals surface area contributed by atoms with E-state index in [1.165, 1.54) is 0 Å². The number of rotatable bonds is 2. The van der Waals surface area contributed by atoms with Crippen molar-refractivity contribution in [2.75, 3.05) is 24.6 Å². The van der Waals surface area contributed by atoms with E-state index < -0.39 is 0 Å². The standard InChI is InChI=1S/C12H22N4O/c1-9-10(7-13)11(15(4)14-9)16-5-6-17-12(2,3)8-16/h5-8,13H2,1-4H3.